The van der Waals surface area contributed by atoms with Crippen LogP contribution in [0.1, 0.15) is 18.1 Å². The molecule has 90 valence electrons. The molecule has 1 N–H and O–H groups in total. The molecule has 3 nitrogen and oxygen atoms in total. The maximum Gasteiger partial charge on any atom is 0.317 e. The number of carboxylic acids is 1. The number of nitrogens with zero attached hydrogens (tertiary/aromatic N) is 1. The minimum atomic E-state index is -0.853. The van der Waals surface area contributed by atoms with E-state index in [0.717, 1.165) is 12.0 Å². The molecule has 0 aliphatic rings. The van der Waals surface area contributed by atoms with Gasteiger partial charge >= 0.3 is 5.97 Å². The normalized spacial score (nSPS) is 10.2. The third-order valence-electron chi connectivity index (χ3n) is 2.57. The van der Waals surface area contributed by atoms with Gasteiger partial charge in [0.1, 0.15) is 0 Å². The molecule has 0 aliphatic carbocycles. The van der Waals surface area contributed by atoms with E-state index in [-0.39, 0.29) is 6.54 Å². The number of rotatable bonds is 6. The van der Waals surface area contributed by atoms with E-state index in [0.29, 0.717) is 13.1 Å². The first-order valence-corrected chi connectivity index (χ1v) is 5.61. The Morgan fingerprint density at radius 2 is 2.06 bits per heavy atom. The first kappa shape index (κ1) is 13.3. The van der Waals surface area contributed by atoms with Gasteiger partial charge in [-0.15, -0.1) is 6.42 Å². The molecule has 0 bridgehead atoms. The highest BCUT2D eigenvalue weighted by Gasteiger charge is 2.10. The summed E-state index contributed by atoms with van der Waals surface area (Å²) in [6.07, 6.45) is 6.18. The highest BCUT2D eigenvalue weighted by Crippen LogP contribution is 2.12. The van der Waals surface area contributed by atoms with Gasteiger partial charge in [-0.2, -0.15) is 0 Å². The molecule has 1 aromatic carbocycles. The number of carbonyl (C=O) groups is 1. The molecule has 0 heterocycles. The third-order valence-corrected chi connectivity index (χ3v) is 2.57. The van der Waals surface area contributed by atoms with Crippen LogP contribution in [0.15, 0.2) is 24.3 Å². The van der Waals surface area contributed by atoms with Crippen molar-refractivity contribution >= 4 is 5.97 Å². The number of hydrogen-bond donors (Lipinski definition) is 1. The van der Waals surface area contributed by atoms with Crippen LogP contribution in [-0.4, -0.2) is 29.1 Å². The number of aliphatic carboxylic acids is 1. The van der Waals surface area contributed by atoms with Crippen LogP contribution < -0.4 is 0 Å². The van der Waals surface area contributed by atoms with E-state index in [1.54, 1.807) is 4.90 Å². The van der Waals surface area contributed by atoms with Crippen molar-refractivity contribution in [2.45, 2.75) is 19.9 Å². The van der Waals surface area contributed by atoms with E-state index in [4.69, 9.17) is 11.5 Å². The van der Waals surface area contributed by atoms with Crippen LogP contribution >= 0.6 is 0 Å². The largest absolute Gasteiger partial charge is 0.480 e. The fourth-order valence-corrected chi connectivity index (χ4v) is 1.79. The maximum atomic E-state index is 10.7. The van der Waals surface area contributed by atoms with Gasteiger partial charge in [-0.25, -0.2) is 0 Å². The summed E-state index contributed by atoms with van der Waals surface area (Å²) in [6, 6.07) is 8.03. The molecule has 17 heavy (non-hydrogen) atoms. The van der Waals surface area contributed by atoms with E-state index in [1.807, 2.05) is 18.2 Å². The molecule has 1 aromatic rings. The third kappa shape index (κ3) is 4.29. The molecular formula is C14H17NO2. The first-order valence-electron chi connectivity index (χ1n) is 5.61. The second-order valence-corrected chi connectivity index (χ2v) is 3.87. The van der Waals surface area contributed by atoms with Crippen molar-refractivity contribution in [1.82, 2.24) is 4.90 Å². The van der Waals surface area contributed by atoms with Crippen molar-refractivity contribution < 1.29 is 9.90 Å². The lowest BCUT2D eigenvalue weighted by atomic mass is 10.0. The zero-order valence-electron chi connectivity index (χ0n) is 10.0. The summed E-state index contributed by atoms with van der Waals surface area (Å²) in [4.78, 5) is 12.5. The topological polar surface area (TPSA) is 40.5 Å². The molecule has 0 radical (unpaired) electrons. The molecule has 3 heteroatoms. The Morgan fingerprint density at radius 1 is 1.41 bits per heavy atom. The lowest BCUT2D eigenvalue weighted by Gasteiger charge is -2.19. The van der Waals surface area contributed by atoms with Gasteiger partial charge in [-0.05, 0) is 17.5 Å². The van der Waals surface area contributed by atoms with Gasteiger partial charge in [0.25, 0.3) is 0 Å². The maximum absolute atomic E-state index is 10.7. The molecule has 0 amide bonds. The van der Waals surface area contributed by atoms with Crippen molar-refractivity contribution in [2.75, 3.05) is 13.1 Å². The molecule has 0 saturated heterocycles. The van der Waals surface area contributed by atoms with E-state index in [9.17, 15) is 4.79 Å². The zero-order valence-corrected chi connectivity index (χ0v) is 10.0. The van der Waals surface area contributed by atoms with Crippen molar-refractivity contribution in [3.8, 4) is 12.3 Å². The summed E-state index contributed by atoms with van der Waals surface area (Å²) in [6.45, 7) is 2.99. The lowest BCUT2D eigenvalue weighted by Crippen LogP contribution is -2.30. The molecule has 0 unspecified atom stereocenters. The van der Waals surface area contributed by atoms with Crippen LogP contribution in [0.25, 0.3) is 0 Å². The number of carboxylic acid groups (broad SMARTS) is 1. The van der Waals surface area contributed by atoms with Crippen LogP contribution in [0.4, 0.5) is 0 Å². The van der Waals surface area contributed by atoms with E-state index >= 15 is 0 Å². The number of benzene rings is 1. The van der Waals surface area contributed by atoms with E-state index in [2.05, 4.69) is 18.9 Å². The van der Waals surface area contributed by atoms with Crippen LogP contribution in [0, 0.1) is 12.3 Å². The number of aryl methyl sites for hydroxylation is 1. The monoisotopic (exact) mass is 231 g/mol. The molecule has 0 fully saturated rings. The van der Waals surface area contributed by atoms with Gasteiger partial charge in [0.2, 0.25) is 0 Å². The Hall–Kier alpha value is -1.79. The second-order valence-electron chi connectivity index (χ2n) is 3.87. The van der Waals surface area contributed by atoms with Crippen LogP contribution in [0.2, 0.25) is 0 Å². The SMILES string of the molecule is C#CCN(CC(=O)O)Cc1ccccc1CC. The smallest absolute Gasteiger partial charge is 0.317 e. The highest BCUT2D eigenvalue weighted by molar-refractivity contribution is 5.69. The second kappa shape index (κ2) is 6.72. The standard InChI is InChI=1S/C14H17NO2/c1-3-9-15(11-14(16)17)10-13-8-6-5-7-12(13)4-2/h1,5-8H,4,9-11H2,2H3,(H,16,17). The van der Waals surface area contributed by atoms with Gasteiger partial charge in [0.15, 0.2) is 0 Å². The predicted octanol–water partition coefficient (Wildman–Crippen LogP) is 1.77. The summed E-state index contributed by atoms with van der Waals surface area (Å²) in [5, 5.41) is 8.80. The summed E-state index contributed by atoms with van der Waals surface area (Å²) in [7, 11) is 0. The molecule has 0 saturated carbocycles. The molecule has 1 rings (SSSR count). The van der Waals surface area contributed by atoms with Gasteiger partial charge in [0.05, 0.1) is 13.1 Å². The van der Waals surface area contributed by atoms with Gasteiger partial charge < -0.3 is 5.11 Å². The van der Waals surface area contributed by atoms with E-state index < -0.39 is 5.97 Å². The summed E-state index contributed by atoms with van der Waals surface area (Å²) >= 11 is 0. The van der Waals surface area contributed by atoms with Crippen LogP contribution in [0.5, 0.6) is 0 Å². The van der Waals surface area contributed by atoms with Gasteiger partial charge in [0, 0.05) is 6.54 Å². The summed E-state index contributed by atoms with van der Waals surface area (Å²) in [5.41, 5.74) is 2.38. The van der Waals surface area contributed by atoms with Crippen LogP contribution in [0.3, 0.4) is 0 Å². The minimum Gasteiger partial charge on any atom is -0.480 e. The van der Waals surface area contributed by atoms with E-state index in [1.165, 1.54) is 5.56 Å². The average molecular weight is 231 g/mol. The zero-order chi connectivity index (χ0) is 12.7. The van der Waals surface area contributed by atoms with Gasteiger partial charge in [-0.1, -0.05) is 37.1 Å². The summed E-state index contributed by atoms with van der Waals surface area (Å²) < 4.78 is 0. The Morgan fingerprint density at radius 3 is 2.59 bits per heavy atom. The first-order chi connectivity index (χ1) is 8.17. The lowest BCUT2D eigenvalue weighted by molar-refractivity contribution is -0.138. The summed E-state index contributed by atoms with van der Waals surface area (Å²) in [5.74, 6) is 1.64. The van der Waals surface area contributed by atoms with Crippen molar-refractivity contribution in [3.05, 3.63) is 35.4 Å². The Balaban J connectivity index is 2.78. The molecule has 0 spiro atoms. The number of terminal acetylenes is 1. The molecule has 0 atom stereocenters. The molecular weight excluding hydrogens is 214 g/mol. The average Bonchev–Trinajstić information content (AvgIpc) is 2.29. The quantitative estimate of drug-likeness (QED) is 0.758. The molecule has 0 aliphatic heterocycles. The fraction of sp³-hybridized carbons (Fsp3) is 0.357. The minimum absolute atomic E-state index is 0.0255. The van der Waals surface area contributed by atoms with Gasteiger partial charge in [-0.3, -0.25) is 9.69 Å². The van der Waals surface area contributed by atoms with Crippen molar-refractivity contribution in [2.24, 2.45) is 0 Å². The molecule has 0 aromatic heterocycles. The van der Waals surface area contributed by atoms with Crippen molar-refractivity contribution in [3.63, 3.8) is 0 Å². The Kier molecular flexibility index (Phi) is 5.25. The Labute approximate surface area is 102 Å². The fourth-order valence-electron chi connectivity index (χ4n) is 1.79. The van der Waals surface area contributed by atoms with Crippen LogP contribution in [-0.2, 0) is 17.8 Å². The Bertz CT molecular complexity index is 420. The highest BCUT2D eigenvalue weighted by atomic mass is 16.4. The van der Waals surface area contributed by atoms with Crippen molar-refractivity contribution in [1.29, 1.82) is 0 Å². The predicted molar refractivity (Wildman–Crippen MR) is 67.6 cm³/mol. The number of hydrogen-bond acceptors (Lipinski definition) is 2.